The minimum atomic E-state index is -3.94. The molecule has 0 radical (unpaired) electrons. The molecule has 1 saturated carbocycles. The van der Waals surface area contributed by atoms with Crippen molar-refractivity contribution in [2.45, 2.75) is 68.4 Å². The first-order valence-electron chi connectivity index (χ1n) is 14.3. The zero-order chi connectivity index (χ0) is 30.3. The Morgan fingerprint density at radius 2 is 1.79 bits per heavy atom. The molecule has 4 rings (SSSR count). The molecule has 1 aliphatic carbocycles. The molecule has 11 nitrogen and oxygen atoms in total. The fourth-order valence-electron chi connectivity index (χ4n) is 5.72. The van der Waals surface area contributed by atoms with E-state index < -0.39 is 28.3 Å². The number of ether oxygens (including phenoxy) is 3. The number of benzene rings is 2. The number of alkyl carbamates (subject to hydrolysis) is 1. The molecule has 2 fully saturated rings. The van der Waals surface area contributed by atoms with Crippen molar-refractivity contribution in [2.24, 2.45) is 11.8 Å². The highest BCUT2D eigenvalue weighted by Crippen LogP contribution is 2.37. The number of aliphatic hydroxyl groups is 1. The standard InChI is InChI=1S/C30H43N3O8S/c1-20(2)17-33(42(36,37)24-12-10-22(38-3)11-13-24)18-28(34)26(14-21-8-6-5-7-9-21)31-30(35)41-23-15-25-27(32-39-4)19-40-29(25)16-23/h5-13,20,23,25-29,32,34H,14-19H2,1-4H3,(H,31,35). The first kappa shape index (κ1) is 32.2. The minimum Gasteiger partial charge on any atom is -0.497 e. The van der Waals surface area contributed by atoms with Gasteiger partial charge in [0.25, 0.3) is 0 Å². The van der Waals surface area contributed by atoms with Gasteiger partial charge >= 0.3 is 6.09 Å². The number of nitrogens with zero attached hydrogens (tertiary/aromatic N) is 1. The fraction of sp³-hybridized carbons (Fsp3) is 0.567. The lowest BCUT2D eigenvalue weighted by atomic mass is 10.0. The van der Waals surface area contributed by atoms with Crippen molar-refractivity contribution >= 4 is 16.1 Å². The average Bonchev–Trinajstić information content (AvgIpc) is 3.53. The molecule has 1 heterocycles. The summed E-state index contributed by atoms with van der Waals surface area (Å²) in [5, 5.41) is 14.3. The number of nitrogens with one attached hydrogen (secondary N) is 2. The summed E-state index contributed by atoms with van der Waals surface area (Å²) in [5.74, 6) is 0.704. The van der Waals surface area contributed by atoms with Gasteiger partial charge in [-0.1, -0.05) is 44.2 Å². The topological polar surface area (TPSA) is 136 Å². The summed E-state index contributed by atoms with van der Waals surface area (Å²) in [7, 11) is -0.872. The van der Waals surface area contributed by atoms with Crippen LogP contribution >= 0.6 is 0 Å². The molecule has 42 heavy (non-hydrogen) atoms. The SMILES string of the molecule is CONC1COC2CC(OC(=O)NC(Cc3ccccc3)C(O)CN(CC(C)C)S(=O)(=O)c3ccc(OC)cc3)CC12. The van der Waals surface area contributed by atoms with E-state index in [0.717, 1.165) is 5.56 Å². The summed E-state index contributed by atoms with van der Waals surface area (Å²) in [6, 6.07) is 14.8. The van der Waals surface area contributed by atoms with E-state index in [9.17, 15) is 18.3 Å². The van der Waals surface area contributed by atoms with Gasteiger partial charge in [-0.25, -0.2) is 13.2 Å². The number of sulfonamides is 1. The van der Waals surface area contributed by atoms with Crippen molar-refractivity contribution in [3.8, 4) is 5.75 Å². The Kier molecular flexibility index (Phi) is 11.2. The summed E-state index contributed by atoms with van der Waals surface area (Å²) in [6.07, 6.45) is -0.747. The molecule has 0 spiro atoms. The van der Waals surface area contributed by atoms with Gasteiger partial charge in [-0.05, 0) is 48.6 Å². The number of aliphatic hydroxyl groups excluding tert-OH is 1. The van der Waals surface area contributed by atoms with Gasteiger partial charge in [0.05, 0.1) is 50.0 Å². The van der Waals surface area contributed by atoms with E-state index in [0.29, 0.717) is 25.2 Å². The van der Waals surface area contributed by atoms with Crippen LogP contribution in [0.5, 0.6) is 5.75 Å². The number of hydrogen-bond acceptors (Lipinski definition) is 9. The molecular formula is C30H43N3O8S. The molecule has 0 aromatic heterocycles. The van der Waals surface area contributed by atoms with E-state index in [1.807, 2.05) is 44.2 Å². The molecule has 232 valence electrons. The van der Waals surface area contributed by atoms with Gasteiger partial charge in [-0.3, -0.25) is 0 Å². The van der Waals surface area contributed by atoms with E-state index in [1.165, 1.54) is 23.5 Å². The lowest BCUT2D eigenvalue weighted by Crippen LogP contribution is -2.51. The molecular weight excluding hydrogens is 562 g/mol. The summed E-state index contributed by atoms with van der Waals surface area (Å²) in [4.78, 5) is 18.3. The monoisotopic (exact) mass is 605 g/mol. The largest absolute Gasteiger partial charge is 0.497 e. The van der Waals surface area contributed by atoms with Gasteiger partial charge in [0.15, 0.2) is 0 Å². The first-order valence-corrected chi connectivity index (χ1v) is 15.8. The second-order valence-corrected chi connectivity index (χ2v) is 13.3. The van der Waals surface area contributed by atoms with Crippen LogP contribution < -0.4 is 15.5 Å². The first-order chi connectivity index (χ1) is 20.1. The summed E-state index contributed by atoms with van der Waals surface area (Å²) in [5.41, 5.74) is 3.83. The van der Waals surface area contributed by atoms with Gasteiger partial charge in [-0.15, -0.1) is 0 Å². The summed E-state index contributed by atoms with van der Waals surface area (Å²) >= 11 is 0. The Hall–Kier alpha value is -2.74. The number of carbonyl (C=O) groups is 1. The van der Waals surface area contributed by atoms with E-state index in [1.54, 1.807) is 19.2 Å². The molecule has 1 saturated heterocycles. The van der Waals surface area contributed by atoms with E-state index in [2.05, 4.69) is 10.8 Å². The number of rotatable bonds is 14. The second-order valence-electron chi connectivity index (χ2n) is 11.4. The van der Waals surface area contributed by atoms with Crippen LogP contribution in [0.4, 0.5) is 4.79 Å². The highest BCUT2D eigenvalue weighted by molar-refractivity contribution is 7.89. The van der Waals surface area contributed by atoms with Crippen LogP contribution in [-0.2, 0) is 30.8 Å². The van der Waals surface area contributed by atoms with Crippen molar-refractivity contribution in [1.82, 2.24) is 15.1 Å². The normalized spacial score (nSPS) is 23.5. The number of amides is 1. The predicted octanol–water partition coefficient (Wildman–Crippen LogP) is 2.74. The fourth-order valence-corrected chi connectivity index (χ4v) is 7.34. The highest BCUT2D eigenvalue weighted by atomic mass is 32.2. The second kappa shape index (κ2) is 14.6. The maximum absolute atomic E-state index is 13.6. The Balaban J connectivity index is 1.47. The van der Waals surface area contributed by atoms with Gasteiger partial charge in [0.2, 0.25) is 10.0 Å². The maximum atomic E-state index is 13.6. The van der Waals surface area contributed by atoms with E-state index >= 15 is 0 Å². The van der Waals surface area contributed by atoms with E-state index in [4.69, 9.17) is 19.0 Å². The van der Waals surface area contributed by atoms with Gasteiger partial charge in [0, 0.05) is 25.4 Å². The highest BCUT2D eigenvalue weighted by Gasteiger charge is 2.46. The van der Waals surface area contributed by atoms with Crippen LogP contribution in [0.1, 0.15) is 32.3 Å². The van der Waals surface area contributed by atoms with Crippen LogP contribution in [0.3, 0.4) is 0 Å². The van der Waals surface area contributed by atoms with Crippen molar-refractivity contribution in [1.29, 1.82) is 0 Å². The number of carbonyl (C=O) groups excluding carboxylic acids is 1. The molecule has 12 heteroatoms. The third-order valence-corrected chi connectivity index (χ3v) is 9.63. The number of hydroxylamine groups is 1. The Morgan fingerprint density at radius 1 is 1.07 bits per heavy atom. The molecule has 2 aliphatic rings. The Labute approximate surface area is 248 Å². The predicted molar refractivity (Wildman–Crippen MR) is 156 cm³/mol. The van der Waals surface area contributed by atoms with Gasteiger partial charge in [0.1, 0.15) is 11.9 Å². The third-order valence-electron chi connectivity index (χ3n) is 7.78. The molecule has 6 unspecified atom stereocenters. The maximum Gasteiger partial charge on any atom is 0.407 e. The Bertz CT molecular complexity index is 1240. The average molecular weight is 606 g/mol. The van der Waals surface area contributed by atoms with Crippen LogP contribution in [-0.4, -0.2) is 88.2 Å². The smallest absolute Gasteiger partial charge is 0.407 e. The van der Waals surface area contributed by atoms with Crippen molar-refractivity contribution in [3.63, 3.8) is 0 Å². The van der Waals surface area contributed by atoms with Crippen LogP contribution in [0.15, 0.2) is 59.5 Å². The molecule has 6 atom stereocenters. The summed E-state index contributed by atoms with van der Waals surface area (Å²) < 4.78 is 45.3. The molecule has 2 aromatic rings. The molecule has 0 bridgehead atoms. The van der Waals surface area contributed by atoms with Crippen LogP contribution in [0, 0.1) is 11.8 Å². The number of fused-ring (bicyclic) bond motifs is 1. The number of methoxy groups -OCH3 is 1. The number of hydrogen-bond donors (Lipinski definition) is 3. The van der Waals surface area contributed by atoms with Crippen molar-refractivity contribution < 1.29 is 37.4 Å². The van der Waals surface area contributed by atoms with Crippen LogP contribution in [0.25, 0.3) is 0 Å². The van der Waals surface area contributed by atoms with Crippen molar-refractivity contribution in [3.05, 3.63) is 60.2 Å². The zero-order valence-electron chi connectivity index (χ0n) is 24.6. The zero-order valence-corrected chi connectivity index (χ0v) is 25.5. The lowest BCUT2D eigenvalue weighted by Gasteiger charge is -2.31. The van der Waals surface area contributed by atoms with Gasteiger partial charge in [-0.2, -0.15) is 9.79 Å². The summed E-state index contributed by atoms with van der Waals surface area (Å²) in [6.45, 7) is 4.34. The minimum absolute atomic E-state index is 0.00354. The van der Waals surface area contributed by atoms with Crippen LogP contribution in [0.2, 0.25) is 0 Å². The van der Waals surface area contributed by atoms with Gasteiger partial charge < -0.3 is 29.5 Å². The lowest BCUT2D eigenvalue weighted by molar-refractivity contribution is 0.0303. The molecule has 1 aliphatic heterocycles. The molecule has 3 N–H and O–H groups in total. The quantitative estimate of drug-likeness (QED) is 0.278. The molecule has 2 aromatic carbocycles. The van der Waals surface area contributed by atoms with Crippen molar-refractivity contribution in [2.75, 3.05) is 33.9 Å². The Morgan fingerprint density at radius 3 is 2.43 bits per heavy atom. The third kappa shape index (κ3) is 8.21. The molecule has 1 amide bonds. The van der Waals surface area contributed by atoms with E-state index in [-0.39, 0.29) is 54.5 Å².